The van der Waals surface area contributed by atoms with Crippen molar-refractivity contribution in [3.8, 4) is 10.6 Å². The molecule has 2 aromatic rings. The molecule has 5 nitrogen and oxygen atoms in total. The molecule has 7 heteroatoms. The Morgan fingerprint density at radius 1 is 1.44 bits per heavy atom. The van der Waals surface area contributed by atoms with E-state index in [-0.39, 0.29) is 11.1 Å². The SMILES string of the molecule is Cc1cc([N+](=O)[O-])ccc1-c1nnc(C(C)Cl)s1. The van der Waals surface area contributed by atoms with Gasteiger partial charge in [-0.15, -0.1) is 21.8 Å². The van der Waals surface area contributed by atoms with E-state index >= 15 is 0 Å². The maximum absolute atomic E-state index is 10.7. The molecule has 1 aromatic heterocycles. The summed E-state index contributed by atoms with van der Waals surface area (Å²) in [5.41, 5.74) is 1.72. The summed E-state index contributed by atoms with van der Waals surface area (Å²) in [6, 6.07) is 4.69. The van der Waals surface area contributed by atoms with Gasteiger partial charge in [0.25, 0.3) is 5.69 Å². The number of hydrogen-bond acceptors (Lipinski definition) is 5. The van der Waals surface area contributed by atoms with Gasteiger partial charge in [0, 0.05) is 17.7 Å². The number of non-ortho nitro benzene ring substituents is 1. The summed E-state index contributed by atoms with van der Waals surface area (Å²) >= 11 is 7.33. The van der Waals surface area contributed by atoms with Crippen LogP contribution in [0.3, 0.4) is 0 Å². The van der Waals surface area contributed by atoms with Crippen molar-refractivity contribution >= 4 is 28.6 Å². The van der Waals surface area contributed by atoms with Crippen molar-refractivity contribution in [1.82, 2.24) is 10.2 Å². The molecule has 18 heavy (non-hydrogen) atoms. The molecule has 0 bridgehead atoms. The second-order valence-electron chi connectivity index (χ2n) is 3.82. The highest BCUT2D eigenvalue weighted by molar-refractivity contribution is 7.15. The summed E-state index contributed by atoms with van der Waals surface area (Å²) in [5.74, 6) is 0. The second kappa shape index (κ2) is 4.99. The molecule has 0 aliphatic carbocycles. The number of aryl methyl sites for hydroxylation is 1. The van der Waals surface area contributed by atoms with E-state index in [9.17, 15) is 10.1 Å². The van der Waals surface area contributed by atoms with Crippen LogP contribution in [0.15, 0.2) is 18.2 Å². The zero-order chi connectivity index (χ0) is 13.3. The second-order valence-corrected chi connectivity index (χ2v) is 5.48. The Balaban J connectivity index is 2.41. The van der Waals surface area contributed by atoms with Gasteiger partial charge in [-0.3, -0.25) is 10.1 Å². The van der Waals surface area contributed by atoms with Gasteiger partial charge >= 0.3 is 0 Å². The molecule has 94 valence electrons. The third-order valence-corrected chi connectivity index (χ3v) is 3.91. The Bertz CT molecular complexity index is 598. The standard InChI is InChI=1S/C11H10ClN3O2S/c1-6-5-8(15(16)17)3-4-9(6)11-14-13-10(18-11)7(2)12/h3-5,7H,1-2H3. The molecule has 2 rings (SSSR count). The molecular weight excluding hydrogens is 274 g/mol. The van der Waals surface area contributed by atoms with E-state index in [1.54, 1.807) is 6.07 Å². The third kappa shape index (κ3) is 2.49. The molecule has 1 aromatic carbocycles. The monoisotopic (exact) mass is 283 g/mol. The van der Waals surface area contributed by atoms with Crippen molar-refractivity contribution < 1.29 is 4.92 Å². The van der Waals surface area contributed by atoms with E-state index in [2.05, 4.69) is 10.2 Å². The highest BCUT2D eigenvalue weighted by Gasteiger charge is 2.14. The van der Waals surface area contributed by atoms with Gasteiger partial charge in [-0.25, -0.2) is 0 Å². The Morgan fingerprint density at radius 3 is 2.67 bits per heavy atom. The molecule has 1 atom stereocenters. The van der Waals surface area contributed by atoms with Crippen LogP contribution in [0.4, 0.5) is 5.69 Å². The van der Waals surface area contributed by atoms with E-state index in [1.807, 2.05) is 13.8 Å². The number of nitrogens with zero attached hydrogens (tertiary/aromatic N) is 3. The molecule has 0 N–H and O–H groups in total. The van der Waals surface area contributed by atoms with Crippen LogP contribution >= 0.6 is 22.9 Å². The maximum Gasteiger partial charge on any atom is 0.269 e. The lowest BCUT2D eigenvalue weighted by Crippen LogP contribution is -1.90. The van der Waals surface area contributed by atoms with Gasteiger partial charge in [-0.2, -0.15) is 0 Å². The highest BCUT2D eigenvalue weighted by atomic mass is 35.5. The van der Waals surface area contributed by atoms with Gasteiger partial charge in [-0.05, 0) is 25.5 Å². The summed E-state index contributed by atoms with van der Waals surface area (Å²) in [6.07, 6.45) is 0. The fourth-order valence-electron chi connectivity index (χ4n) is 1.51. The van der Waals surface area contributed by atoms with Crippen LogP contribution in [0.5, 0.6) is 0 Å². The molecule has 0 saturated heterocycles. The Labute approximate surface area is 113 Å². The lowest BCUT2D eigenvalue weighted by Gasteiger charge is -2.00. The number of nitro benzene ring substituents is 1. The van der Waals surface area contributed by atoms with Crippen molar-refractivity contribution in [1.29, 1.82) is 0 Å². The first-order chi connectivity index (χ1) is 8.49. The summed E-state index contributed by atoms with van der Waals surface area (Å²) in [6.45, 7) is 3.64. The largest absolute Gasteiger partial charge is 0.269 e. The van der Waals surface area contributed by atoms with Gasteiger partial charge in [0.1, 0.15) is 10.0 Å². The molecule has 0 aliphatic heterocycles. The van der Waals surface area contributed by atoms with Crippen molar-refractivity contribution in [2.24, 2.45) is 0 Å². The average molecular weight is 284 g/mol. The number of rotatable bonds is 3. The third-order valence-electron chi connectivity index (χ3n) is 2.43. The number of aromatic nitrogens is 2. The molecule has 0 aliphatic rings. The number of alkyl halides is 1. The van der Waals surface area contributed by atoms with Gasteiger partial charge < -0.3 is 0 Å². The summed E-state index contributed by atoms with van der Waals surface area (Å²) in [5, 5.41) is 20.0. The molecule has 1 unspecified atom stereocenters. The van der Waals surface area contributed by atoms with Crippen molar-refractivity contribution in [2.45, 2.75) is 19.2 Å². The Kier molecular flexibility index (Phi) is 3.58. The summed E-state index contributed by atoms with van der Waals surface area (Å²) in [4.78, 5) is 10.2. The lowest BCUT2D eigenvalue weighted by molar-refractivity contribution is -0.384. The molecule has 1 heterocycles. The van der Waals surface area contributed by atoms with E-state index in [1.165, 1.54) is 23.5 Å². The average Bonchev–Trinajstić information content (AvgIpc) is 2.78. The smallest absolute Gasteiger partial charge is 0.258 e. The molecule has 0 spiro atoms. The summed E-state index contributed by atoms with van der Waals surface area (Å²) < 4.78 is 0. The van der Waals surface area contributed by atoms with E-state index in [0.29, 0.717) is 0 Å². The number of benzene rings is 1. The first kappa shape index (κ1) is 12.9. The topological polar surface area (TPSA) is 68.9 Å². The van der Waals surface area contributed by atoms with E-state index in [0.717, 1.165) is 21.1 Å². The minimum Gasteiger partial charge on any atom is -0.258 e. The highest BCUT2D eigenvalue weighted by Crippen LogP contribution is 2.32. The van der Waals surface area contributed by atoms with Crippen LogP contribution in [0, 0.1) is 17.0 Å². The first-order valence-corrected chi connectivity index (χ1v) is 6.47. The minimum atomic E-state index is -0.414. The zero-order valence-electron chi connectivity index (χ0n) is 9.75. The number of nitro groups is 1. The lowest BCUT2D eigenvalue weighted by atomic mass is 10.1. The molecule has 0 saturated carbocycles. The minimum absolute atomic E-state index is 0.0756. The van der Waals surface area contributed by atoms with Crippen LogP contribution in [-0.4, -0.2) is 15.1 Å². The quantitative estimate of drug-likeness (QED) is 0.489. The zero-order valence-corrected chi connectivity index (χ0v) is 11.3. The van der Waals surface area contributed by atoms with Crippen molar-refractivity contribution in [3.63, 3.8) is 0 Å². The van der Waals surface area contributed by atoms with Crippen molar-refractivity contribution in [3.05, 3.63) is 38.9 Å². The van der Waals surface area contributed by atoms with Gasteiger partial charge in [-0.1, -0.05) is 11.3 Å². The van der Waals surface area contributed by atoms with E-state index < -0.39 is 4.92 Å². The predicted molar refractivity (Wildman–Crippen MR) is 71.0 cm³/mol. The van der Waals surface area contributed by atoms with Crippen LogP contribution in [-0.2, 0) is 0 Å². The van der Waals surface area contributed by atoms with Crippen molar-refractivity contribution in [2.75, 3.05) is 0 Å². The van der Waals surface area contributed by atoms with Crippen LogP contribution in [0.25, 0.3) is 10.6 Å². The molecular formula is C11H10ClN3O2S. The number of hydrogen-bond donors (Lipinski definition) is 0. The van der Waals surface area contributed by atoms with Crippen LogP contribution in [0.2, 0.25) is 0 Å². The fraction of sp³-hybridized carbons (Fsp3) is 0.273. The van der Waals surface area contributed by atoms with Gasteiger partial charge in [0.2, 0.25) is 0 Å². The van der Waals surface area contributed by atoms with Crippen LogP contribution < -0.4 is 0 Å². The fourth-order valence-corrected chi connectivity index (χ4v) is 2.55. The normalized spacial score (nSPS) is 12.4. The Hall–Kier alpha value is -1.53. The Morgan fingerprint density at radius 2 is 2.17 bits per heavy atom. The molecule has 0 radical (unpaired) electrons. The predicted octanol–water partition coefficient (Wildman–Crippen LogP) is 3.72. The van der Waals surface area contributed by atoms with Gasteiger partial charge in [0.15, 0.2) is 0 Å². The molecule has 0 amide bonds. The maximum atomic E-state index is 10.7. The van der Waals surface area contributed by atoms with Gasteiger partial charge in [0.05, 0.1) is 10.3 Å². The van der Waals surface area contributed by atoms with Crippen LogP contribution in [0.1, 0.15) is 22.9 Å². The van der Waals surface area contributed by atoms with E-state index in [4.69, 9.17) is 11.6 Å². The first-order valence-electron chi connectivity index (χ1n) is 5.22. The molecule has 0 fully saturated rings. The number of halogens is 1. The summed E-state index contributed by atoms with van der Waals surface area (Å²) in [7, 11) is 0.